The molecule has 2 atom stereocenters. The highest BCUT2D eigenvalue weighted by Crippen LogP contribution is 2.66. The lowest BCUT2D eigenvalue weighted by Crippen LogP contribution is -2.50. The minimum atomic E-state index is -0.877. The summed E-state index contributed by atoms with van der Waals surface area (Å²) in [7, 11) is 0. The number of carbonyl (C=O) groups is 3. The van der Waals surface area contributed by atoms with Crippen molar-refractivity contribution in [3.63, 3.8) is 0 Å². The van der Waals surface area contributed by atoms with Crippen LogP contribution in [0.3, 0.4) is 0 Å². The highest BCUT2D eigenvalue weighted by molar-refractivity contribution is 9.09. The van der Waals surface area contributed by atoms with Gasteiger partial charge in [-0.25, -0.2) is 0 Å². The van der Waals surface area contributed by atoms with Crippen LogP contribution in [0.2, 0.25) is 0 Å². The van der Waals surface area contributed by atoms with Crippen molar-refractivity contribution in [3.8, 4) is 0 Å². The molecule has 0 aromatic heterocycles. The predicted octanol–water partition coefficient (Wildman–Crippen LogP) is 3.93. The van der Waals surface area contributed by atoms with E-state index in [1.54, 1.807) is 0 Å². The average molecular weight is 532 g/mol. The number of nitrogens with one attached hydrogen (secondary N) is 1. The number of nitrogens with zero attached hydrogens (tertiary/aromatic N) is 2. The number of hydrogen-bond acceptors (Lipinski definition) is 5. The molecule has 35 heavy (non-hydrogen) atoms. The van der Waals surface area contributed by atoms with E-state index in [-0.39, 0.29) is 23.2 Å². The van der Waals surface area contributed by atoms with Crippen molar-refractivity contribution < 1.29 is 19.3 Å². The molecule has 9 heteroatoms. The highest BCUT2D eigenvalue weighted by Gasteiger charge is 2.67. The van der Waals surface area contributed by atoms with Crippen molar-refractivity contribution in [2.24, 2.45) is 11.8 Å². The molecule has 3 aromatic carbocycles. The lowest BCUT2D eigenvalue weighted by molar-refractivity contribution is -0.384. The Morgan fingerprint density at radius 2 is 1.60 bits per heavy atom. The normalized spacial score (nSPS) is 25.6. The summed E-state index contributed by atoms with van der Waals surface area (Å²) in [4.78, 5) is 51.6. The van der Waals surface area contributed by atoms with E-state index in [9.17, 15) is 24.5 Å². The summed E-state index contributed by atoms with van der Waals surface area (Å²) in [5.41, 5.74) is 4.00. The molecule has 8 nitrogen and oxygen atoms in total. The van der Waals surface area contributed by atoms with Gasteiger partial charge in [-0.05, 0) is 28.3 Å². The van der Waals surface area contributed by atoms with Gasteiger partial charge in [-0.3, -0.25) is 29.4 Å². The molecular formula is C26H18BrN3O5. The summed E-state index contributed by atoms with van der Waals surface area (Å²) in [5, 5.41) is 13.6. The van der Waals surface area contributed by atoms with Gasteiger partial charge in [-0.15, -0.1) is 0 Å². The van der Waals surface area contributed by atoms with Crippen LogP contribution < -0.4 is 5.32 Å². The molecule has 1 fully saturated rings. The minimum Gasteiger partial charge on any atom is -0.324 e. The zero-order valence-electron chi connectivity index (χ0n) is 18.2. The summed E-state index contributed by atoms with van der Waals surface area (Å²) in [5.74, 6) is -2.98. The molecule has 3 aromatic rings. The van der Waals surface area contributed by atoms with E-state index in [1.165, 1.54) is 24.3 Å². The van der Waals surface area contributed by atoms with Crippen molar-refractivity contribution in [1.82, 2.24) is 4.90 Å². The maximum Gasteiger partial charge on any atom is 0.271 e. The van der Waals surface area contributed by atoms with Gasteiger partial charge >= 0.3 is 0 Å². The third-order valence-electron chi connectivity index (χ3n) is 7.25. The Balaban J connectivity index is 1.35. The molecule has 174 valence electrons. The Hall–Kier alpha value is -3.85. The zero-order valence-corrected chi connectivity index (χ0v) is 19.8. The van der Waals surface area contributed by atoms with Crippen LogP contribution in [0, 0.1) is 22.0 Å². The summed E-state index contributed by atoms with van der Waals surface area (Å²) in [6, 6.07) is 21.2. The van der Waals surface area contributed by atoms with Gasteiger partial charge < -0.3 is 5.32 Å². The number of nitro groups is 1. The van der Waals surface area contributed by atoms with Crippen LogP contribution in [0.4, 0.5) is 11.4 Å². The topological polar surface area (TPSA) is 110 Å². The van der Waals surface area contributed by atoms with E-state index >= 15 is 0 Å². The Bertz CT molecular complexity index is 1410. The number of non-ortho nitro benzene ring substituents is 1. The smallest absolute Gasteiger partial charge is 0.271 e. The number of imide groups is 1. The average Bonchev–Trinajstić information content (AvgIpc) is 3.10. The second-order valence-corrected chi connectivity index (χ2v) is 10.2. The number of nitro benzene ring substituents is 1. The van der Waals surface area contributed by atoms with Crippen molar-refractivity contribution >= 4 is 45.0 Å². The van der Waals surface area contributed by atoms with Crippen molar-refractivity contribution in [1.29, 1.82) is 0 Å². The molecule has 0 unspecified atom stereocenters. The molecule has 3 aliphatic carbocycles. The van der Waals surface area contributed by atoms with Gasteiger partial charge in [0.2, 0.25) is 17.7 Å². The maximum absolute atomic E-state index is 13.7. The second kappa shape index (κ2) is 7.58. The summed E-state index contributed by atoms with van der Waals surface area (Å²) in [6.07, 6.45) is 0. The summed E-state index contributed by atoms with van der Waals surface area (Å²) in [6.45, 7) is -0.462. The Labute approximate surface area is 208 Å². The molecule has 1 N–H and O–H groups in total. The number of hydrogen-bond donors (Lipinski definition) is 1. The van der Waals surface area contributed by atoms with Crippen LogP contribution in [-0.2, 0) is 18.7 Å². The van der Waals surface area contributed by atoms with Gasteiger partial charge in [0, 0.05) is 23.7 Å². The molecule has 3 amide bonds. The quantitative estimate of drug-likeness (QED) is 0.237. The SMILES string of the molecule is O=C(CN1C(=O)[C@@H]2C3c4ccccc4C(Br)(c4ccccc43)[C@@H]2C1=O)Nc1cccc([N+](=O)[O-])c1. The van der Waals surface area contributed by atoms with E-state index in [0.717, 1.165) is 27.2 Å². The number of benzene rings is 3. The minimum absolute atomic E-state index is 0.171. The van der Waals surface area contributed by atoms with Crippen LogP contribution >= 0.6 is 15.9 Å². The first-order valence-corrected chi connectivity index (χ1v) is 11.9. The van der Waals surface area contributed by atoms with Gasteiger partial charge in [0.05, 0.1) is 21.1 Å². The molecule has 2 bridgehead atoms. The molecule has 0 saturated carbocycles. The standard InChI is InChI=1S/C26H18BrN3O5/c27-26-18-10-3-1-8-16(18)21(17-9-2-4-11-19(17)26)22-23(26)25(33)29(24(22)32)13-20(31)28-14-6-5-7-15(12-14)30(34)35/h1-12,21-23H,13H2,(H,28,31)/t21?,22-,23+,26?/m1/s1. The van der Waals surface area contributed by atoms with Crippen LogP contribution in [0.15, 0.2) is 72.8 Å². The van der Waals surface area contributed by atoms with Crippen LogP contribution in [0.25, 0.3) is 0 Å². The first-order valence-electron chi connectivity index (χ1n) is 11.1. The summed E-state index contributed by atoms with van der Waals surface area (Å²) >= 11 is 3.91. The maximum atomic E-state index is 13.7. The van der Waals surface area contributed by atoms with Crippen molar-refractivity contribution in [2.75, 3.05) is 11.9 Å². The Kier molecular flexibility index (Phi) is 4.69. The fourth-order valence-corrected chi connectivity index (χ4v) is 7.14. The van der Waals surface area contributed by atoms with Crippen LogP contribution in [0.1, 0.15) is 28.2 Å². The predicted molar refractivity (Wildman–Crippen MR) is 130 cm³/mol. The number of amides is 3. The number of likely N-dealkylation sites (tertiary alicyclic amines) is 1. The molecule has 1 heterocycles. The van der Waals surface area contributed by atoms with Gasteiger partial charge in [0.1, 0.15) is 6.54 Å². The van der Waals surface area contributed by atoms with Crippen molar-refractivity contribution in [3.05, 3.63) is 105 Å². The fraction of sp³-hybridized carbons (Fsp3) is 0.192. The number of alkyl halides is 1. The number of anilines is 1. The Morgan fingerprint density at radius 3 is 2.23 bits per heavy atom. The third kappa shape index (κ3) is 2.94. The van der Waals surface area contributed by atoms with Crippen LogP contribution in [-0.4, -0.2) is 34.1 Å². The monoisotopic (exact) mass is 531 g/mol. The number of carbonyl (C=O) groups excluding carboxylic acids is 3. The van der Waals surface area contributed by atoms with Crippen molar-refractivity contribution in [2.45, 2.75) is 10.2 Å². The molecule has 0 spiro atoms. The zero-order chi connectivity index (χ0) is 24.5. The van der Waals surface area contributed by atoms with Gasteiger partial charge in [-0.2, -0.15) is 0 Å². The molecule has 4 aliphatic rings. The lowest BCUT2D eigenvalue weighted by Gasteiger charge is -2.51. The first-order chi connectivity index (χ1) is 16.8. The van der Waals surface area contributed by atoms with Crippen LogP contribution in [0.5, 0.6) is 0 Å². The van der Waals surface area contributed by atoms with Gasteiger partial charge in [0.25, 0.3) is 5.69 Å². The van der Waals surface area contributed by atoms with E-state index in [1.807, 2.05) is 48.5 Å². The summed E-state index contributed by atoms with van der Waals surface area (Å²) < 4.78 is -0.877. The largest absolute Gasteiger partial charge is 0.324 e. The molecule has 1 saturated heterocycles. The van der Waals surface area contributed by atoms with Gasteiger partial charge in [0.15, 0.2) is 0 Å². The number of halogens is 1. The third-order valence-corrected chi connectivity index (χ3v) is 8.60. The van der Waals surface area contributed by atoms with E-state index in [2.05, 4.69) is 21.2 Å². The molecule has 1 aliphatic heterocycles. The first kappa shape index (κ1) is 21.7. The fourth-order valence-electron chi connectivity index (χ4n) is 5.94. The van der Waals surface area contributed by atoms with E-state index < -0.39 is 39.4 Å². The second-order valence-electron chi connectivity index (χ2n) is 8.99. The van der Waals surface area contributed by atoms with Gasteiger partial charge in [-0.1, -0.05) is 70.5 Å². The number of rotatable bonds is 4. The molecular weight excluding hydrogens is 514 g/mol. The lowest BCUT2D eigenvalue weighted by atomic mass is 9.55. The molecule has 0 radical (unpaired) electrons. The van der Waals surface area contributed by atoms with E-state index in [0.29, 0.717) is 0 Å². The highest BCUT2D eigenvalue weighted by atomic mass is 79.9. The van der Waals surface area contributed by atoms with E-state index in [4.69, 9.17) is 0 Å². The Morgan fingerprint density at radius 1 is 0.971 bits per heavy atom. The molecule has 7 rings (SSSR count).